The van der Waals surface area contributed by atoms with Gasteiger partial charge in [0.25, 0.3) is 0 Å². The van der Waals surface area contributed by atoms with E-state index in [2.05, 4.69) is 25.3 Å². The lowest BCUT2D eigenvalue weighted by molar-refractivity contribution is -0.141. The highest BCUT2D eigenvalue weighted by Crippen LogP contribution is 2.25. The van der Waals surface area contributed by atoms with Crippen LogP contribution >= 0.6 is 0 Å². The van der Waals surface area contributed by atoms with Gasteiger partial charge in [0, 0.05) is 18.7 Å². The molecule has 0 saturated carbocycles. The predicted molar refractivity (Wildman–Crippen MR) is 62.0 cm³/mol. The molecule has 1 aliphatic heterocycles. The molecule has 1 fully saturated rings. The largest absolute Gasteiger partial charge is 0.461 e. The van der Waals surface area contributed by atoms with E-state index in [1.807, 2.05) is 0 Å². The van der Waals surface area contributed by atoms with Crippen LogP contribution in [0.1, 0.15) is 27.2 Å². The van der Waals surface area contributed by atoms with E-state index in [9.17, 15) is 4.79 Å². The summed E-state index contributed by atoms with van der Waals surface area (Å²) >= 11 is 0. The maximum Gasteiger partial charge on any atom is 0.333 e. The molecule has 0 radical (unpaired) electrons. The Hall–Kier alpha value is -0.870. The zero-order valence-electron chi connectivity index (χ0n) is 10.4. The summed E-state index contributed by atoms with van der Waals surface area (Å²) in [5, 5.41) is 0. The van der Waals surface area contributed by atoms with Gasteiger partial charge in [-0.1, -0.05) is 13.5 Å². The minimum Gasteiger partial charge on any atom is -0.461 e. The number of hydrogen-bond acceptors (Lipinski definition) is 4. The predicted octanol–water partition coefficient (Wildman–Crippen LogP) is 1.56. The Labute approximate surface area is 97.2 Å². The van der Waals surface area contributed by atoms with Gasteiger partial charge >= 0.3 is 5.97 Å². The minimum atomic E-state index is -0.321. The highest BCUT2D eigenvalue weighted by Gasteiger charge is 2.35. The zero-order valence-corrected chi connectivity index (χ0v) is 10.4. The Balaban J connectivity index is 2.33. The van der Waals surface area contributed by atoms with Crippen LogP contribution in [-0.4, -0.2) is 42.9 Å². The Bertz CT molecular complexity index is 277. The number of nitrogens with zero attached hydrogens (tertiary/aromatic N) is 1. The first kappa shape index (κ1) is 13.2. The van der Waals surface area contributed by atoms with Crippen LogP contribution in [0, 0.1) is 0 Å². The van der Waals surface area contributed by atoms with E-state index in [4.69, 9.17) is 9.47 Å². The van der Waals surface area contributed by atoms with Crippen LogP contribution < -0.4 is 0 Å². The summed E-state index contributed by atoms with van der Waals surface area (Å²) in [6.07, 6.45) is 0.932. The second-order valence-corrected chi connectivity index (χ2v) is 4.28. The molecule has 1 aliphatic rings. The van der Waals surface area contributed by atoms with Gasteiger partial charge in [-0.05, 0) is 20.3 Å². The van der Waals surface area contributed by atoms with Crippen LogP contribution in [0.3, 0.4) is 0 Å². The number of ether oxygens (including phenoxy) is 2. The molecule has 1 heterocycles. The lowest BCUT2D eigenvalue weighted by Crippen LogP contribution is -2.43. The van der Waals surface area contributed by atoms with E-state index in [0.717, 1.165) is 19.6 Å². The number of carbonyl (C=O) groups excluding carboxylic acids is 1. The molecule has 0 bridgehead atoms. The molecule has 0 unspecified atom stereocenters. The fourth-order valence-corrected chi connectivity index (χ4v) is 1.75. The van der Waals surface area contributed by atoms with Gasteiger partial charge in [-0.15, -0.1) is 0 Å². The number of carbonyl (C=O) groups is 1. The number of rotatable bonds is 5. The molecular formula is C12H21NO3. The highest BCUT2D eigenvalue weighted by molar-refractivity contribution is 5.86. The van der Waals surface area contributed by atoms with Gasteiger partial charge < -0.3 is 9.47 Å². The average molecular weight is 227 g/mol. The van der Waals surface area contributed by atoms with Crippen LogP contribution in [0.4, 0.5) is 0 Å². The molecule has 4 heteroatoms. The van der Waals surface area contributed by atoms with Crippen LogP contribution in [0.2, 0.25) is 0 Å². The Morgan fingerprint density at radius 1 is 1.62 bits per heavy atom. The molecular weight excluding hydrogens is 206 g/mol. The molecule has 0 aromatic carbocycles. The third kappa shape index (κ3) is 3.06. The first-order valence-corrected chi connectivity index (χ1v) is 5.71. The van der Waals surface area contributed by atoms with Gasteiger partial charge in [-0.3, -0.25) is 4.90 Å². The molecule has 0 aromatic heterocycles. The second-order valence-electron chi connectivity index (χ2n) is 4.28. The lowest BCUT2D eigenvalue weighted by atomic mass is 10.2. The molecule has 4 nitrogen and oxygen atoms in total. The maximum atomic E-state index is 11.2. The summed E-state index contributed by atoms with van der Waals surface area (Å²) < 4.78 is 10.7. The van der Waals surface area contributed by atoms with Gasteiger partial charge in [0.05, 0.1) is 6.61 Å². The summed E-state index contributed by atoms with van der Waals surface area (Å²) in [4.78, 5) is 13.4. The first-order valence-electron chi connectivity index (χ1n) is 5.71. The third-order valence-electron chi connectivity index (χ3n) is 3.04. The van der Waals surface area contributed by atoms with Crippen molar-refractivity contribution in [3.05, 3.63) is 12.2 Å². The Morgan fingerprint density at radius 3 is 2.88 bits per heavy atom. The highest BCUT2D eigenvalue weighted by atomic mass is 16.5. The summed E-state index contributed by atoms with van der Waals surface area (Å²) in [5.74, 6) is -0.321. The molecule has 0 amide bonds. The topological polar surface area (TPSA) is 38.8 Å². The molecule has 92 valence electrons. The standard InChI is InChI=1S/C12H21NO3/c1-5-12(4)13(7-9-16-12)6-8-15-11(14)10(2)3/h2,5-9H2,1,3-4H3/t12-/m0/s1. The summed E-state index contributed by atoms with van der Waals surface area (Å²) in [5.41, 5.74) is 0.242. The van der Waals surface area contributed by atoms with Gasteiger partial charge in [-0.2, -0.15) is 0 Å². The van der Waals surface area contributed by atoms with E-state index in [1.54, 1.807) is 6.92 Å². The van der Waals surface area contributed by atoms with Crippen molar-refractivity contribution in [2.45, 2.75) is 32.9 Å². The summed E-state index contributed by atoms with van der Waals surface area (Å²) in [6.45, 7) is 12.1. The normalized spacial score (nSPS) is 25.7. The van der Waals surface area contributed by atoms with Gasteiger partial charge in [0.15, 0.2) is 0 Å². The quantitative estimate of drug-likeness (QED) is 0.528. The van der Waals surface area contributed by atoms with Crippen molar-refractivity contribution < 1.29 is 14.3 Å². The monoisotopic (exact) mass is 227 g/mol. The van der Waals surface area contributed by atoms with Gasteiger partial charge in [-0.25, -0.2) is 4.79 Å². The molecule has 1 saturated heterocycles. The van der Waals surface area contributed by atoms with Crippen molar-refractivity contribution in [1.82, 2.24) is 4.90 Å². The van der Waals surface area contributed by atoms with E-state index in [1.165, 1.54) is 0 Å². The van der Waals surface area contributed by atoms with E-state index < -0.39 is 0 Å². The van der Waals surface area contributed by atoms with Crippen LogP contribution in [0.5, 0.6) is 0 Å². The maximum absolute atomic E-state index is 11.2. The minimum absolute atomic E-state index is 0.199. The van der Waals surface area contributed by atoms with Crippen LogP contribution in [0.25, 0.3) is 0 Å². The molecule has 1 atom stereocenters. The smallest absolute Gasteiger partial charge is 0.333 e. The average Bonchev–Trinajstić information content (AvgIpc) is 2.61. The fraction of sp³-hybridized carbons (Fsp3) is 0.750. The summed E-state index contributed by atoms with van der Waals surface area (Å²) in [6, 6.07) is 0. The molecule has 16 heavy (non-hydrogen) atoms. The van der Waals surface area contributed by atoms with Crippen molar-refractivity contribution in [2.24, 2.45) is 0 Å². The number of hydrogen-bond donors (Lipinski definition) is 0. The second kappa shape index (κ2) is 5.46. The van der Waals surface area contributed by atoms with Crippen molar-refractivity contribution in [1.29, 1.82) is 0 Å². The van der Waals surface area contributed by atoms with Crippen LogP contribution in [0.15, 0.2) is 12.2 Å². The summed E-state index contributed by atoms with van der Waals surface area (Å²) in [7, 11) is 0. The SMILES string of the molecule is C=C(C)C(=O)OCCN1CCO[C@@]1(C)CC. The van der Waals surface area contributed by atoms with Crippen molar-refractivity contribution >= 4 is 5.97 Å². The van der Waals surface area contributed by atoms with E-state index >= 15 is 0 Å². The fourth-order valence-electron chi connectivity index (χ4n) is 1.75. The van der Waals surface area contributed by atoms with E-state index in [-0.39, 0.29) is 11.7 Å². The lowest BCUT2D eigenvalue weighted by Gasteiger charge is -2.32. The van der Waals surface area contributed by atoms with Crippen molar-refractivity contribution in [3.8, 4) is 0 Å². The molecule has 1 rings (SSSR count). The molecule has 0 N–H and O–H groups in total. The first-order chi connectivity index (χ1) is 7.49. The Kier molecular flexibility index (Phi) is 4.50. The third-order valence-corrected chi connectivity index (χ3v) is 3.04. The number of esters is 1. The molecule has 0 aliphatic carbocycles. The molecule has 0 spiro atoms. The van der Waals surface area contributed by atoms with Crippen molar-refractivity contribution in [3.63, 3.8) is 0 Å². The zero-order chi connectivity index (χ0) is 12.2. The molecule has 0 aromatic rings. The van der Waals surface area contributed by atoms with E-state index in [0.29, 0.717) is 18.7 Å². The Morgan fingerprint density at radius 2 is 2.31 bits per heavy atom. The van der Waals surface area contributed by atoms with Crippen LogP contribution in [-0.2, 0) is 14.3 Å². The van der Waals surface area contributed by atoms with Gasteiger partial charge in [0.1, 0.15) is 12.3 Å². The van der Waals surface area contributed by atoms with Crippen molar-refractivity contribution in [2.75, 3.05) is 26.3 Å². The van der Waals surface area contributed by atoms with Gasteiger partial charge in [0.2, 0.25) is 0 Å².